The van der Waals surface area contributed by atoms with Crippen molar-refractivity contribution in [3.05, 3.63) is 47.7 Å². The number of nitrogens with two attached hydrogens (primary N) is 1. The smallest absolute Gasteiger partial charge is 0.158 e. The van der Waals surface area contributed by atoms with Gasteiger partial charge in [-0.2, -0.15) is 9.61 Å². The summed E-state index contributed by atoms with van der Waals surface area (Å²) in [6.07, 6.45) is 0. The molecule has 19 heavy (non-hydrogen) atoms. The molecule has 0 fully saturated rings. The van der Waals surface area contributed by atoms with Gasteiger partial charge >= 0.3 is 0 Å². The Kier molecular flexibility index (Phi) is 2.68. The van der Waals surface area contributed by atoms with E-state index in [0.717, 1.165) is 34.0 Å². The second-order valence-electron chi connectivity index (χ2n) is 4.48. The molecule has 3 aromatic rings. The Morgan fingerprint density at radius 1 is 1.16 bits per heavy atom. The van der Waals surface area contributed by atoms with Crippen LogP contribution >= 0.6 is 0 Å². The third-order valence-electron chi connectivity index (χ3n) is 3.29. The number of nitrogens with one attached hydrogen (secondary N) is 1. The SMILES string of the molecule is Cc1nc2cc(-c3ccccc3)nn2c(NN)c1C. The maximum Gasteiger partial charge on any atom is 0.158 e. The topological polar surface area (TPSA) is 68.2 Å². The molecule has 0 unspecified atom stereocenters. The van der Waals surface area contributed by atoms with Crippen molar-refractivity contribution in [3.8, 4) is 11.3 Å². The largest absolute Gasteiger partial charge is 0.308 e. The van der Waals surface area contributed by atoms with Crippen molar-refractivity contribution in [2.45, 2.75) is 13.8 Å². The first-order valence-electron chi connectivity index (χ1n) is 6.09. The lowest BCUT2D eigenvalue weighted by Gasteiger charge is -2.09. The van der Waals surface area contributed by atoms with Gasteiger partial charge in [0.1, 0.15) is 5.82 Å². The number of hydrogen-bond acceptors (Lipinski definition) is 4. The lowest BCUT2D eigenvalue weighted by Crippen LogP contribution is -2.14. The number of aromatic nitrogens is 3. The van der Waals surface area contributed by atoms with E-state index in [2.05, 4.69) is 15.5 Å². The standard InChI is InChI=1S/C14H15N5/c1-9-10(2)16-13-8-12(11-6-4-3-5-7-11)18-19(13)14(9)17-15/h3-8,17H,15H2,1-2H3. The number of fused-ring (bicyclic) bond motifs is 1. The normalized spacial score (nSPS) is 10.9. The molecule has 0 radical (unpaired) electrons. The summed E-state index contributed by atoms with van der Waals surface area (Å²) in [4.78, 5) is 4.53. The van der Waals surface area contributed by atoms with Crippen molar-refractivity contribution >= 4 is 11.5 Å². The van der Waals surface area contributed by atoms with E-state index in [0.29, 0.717) is 0 Å². The second kappa shape index (κ2) is 4.37. The highest BCUT2D eigenvalue weighted by atomic mass is 15.4. The zero-order chi connectivity index (χ0) is 13.4. The quantitative estimate of drug-likeness (QED) is 0.543. The Balaban J connectivity index is 2.27. The molecule has 0 saturated heterocycles. The van der Waals surface area contributed by atoms with Crippen LogP contribution < -0.4 is 11.3 Å². The number of benzene rings is 1. The summed E-state index contributed by atoms with van der Waals surface area (Å²) in [6.45, 7) is 3.94. The molecule has 96 valence electrons. The lowest BCUT2D eigenvalue weighted by molar-refractivity contribution is 0.916. The maximum atomic E-state index is 5.59. The molecule has 0 aliphatic rings. The van der Waals surface area contributed by atoms with Gasteiger partial charge in [-0.05, 0) is 13.8 Å². The van der Waals surface area contributed by atoms with Crippen LogP contribution in [0.2, 0.25) is 0 Å². The van der Waals surface area contributed by atoms with Crippen molar-refractivity contribution < 1.29 is 0 Å². The zero-order valence-corrected chi connectivity index (χ0v) is 10.9. The van der Waals surface area contributed by atoms with Crippen LogP contribution in [-0.2, 0) is 0 Å². The molecule has 0 amide bonds. The molecule has 2 heterocycles. The van der Waals surface area contributed by atoms with E-state index in [9.17, 15) is 0 Å². The fraction of sp³-hybridized carbons (Fsp3) is 0.143. The highest BCUT2D eigenvalue weighted by Crippen LogP contribution is 2.23. The number of nitrogen functional groups attached to an aromatic ring is 1. The molecule has 0 bridgehead atoms. The van der Waals surface area contributed by atoms with E-state index >= 15 is 0 Å². The number of anilines is 1. The predicted octanol–water partition coefficient (Wildman–Crippen LogP) is 2.30. The molecule has 2 aromatic heterocycles. The fourth-order valence-corrected chi connectivity index (χ4v) is 2.12. The summed E-state index contributed by atoms with van der Waals surface area (Å²) in [5.41, 5.74) is 7.38. The lowest BCUT2D eigenvalue weighted by atomic mass is 10.2. The first kappa shape index (κ1) is 11.7. The van der Waals surface area contributed by atoms with Gasteiger partial charge in [-0.1, -0.05) is 30.3 Å². The molecule has 0 spiro atoms. The van der Waals surface area contributed by atoms with Crippen LogP contribution in [0.3, 0.4) is 0 Å². The van der Waals surface area contributed by atoms with Crippen molar-refractivity contribution in [3.63, 3.8) is 0 Å². The predicted molar refractivity (Wildman–Crippen MR) is 75.7 cm³/mol. The van der Waals surface area contributed by atoms with Crippen LogP contribution in [0.5, 0.6) is 0 Å². The third kappa shape index (κ3) is 1.84. The Bertz CT molecular complexity index is 730. The molecule has 0 saturated carbocycles. The minimum atomic E-state index is 0.768. The van der Waals surface area contributed by atoms with Crippen LogP contribution in [0.4, 0.5) is 5.82 Å². The molecule has 5 heteroatoms. The third-order valence-corrected chi connectivity index (χ3v) is 3.29. The number of nitrogens with zero attached hydrogens (tertiary/aromatic N) is 3. The van der Waals surface area contributed by atoms with Gasteiger partial charge in [-0.25, -0.2) is 10.8 Å². The van der Waals surface area contributed by atoms with Gasteiger partial charge in [0.05, 0.1) is 5.69 Å². The maximum absolute atomic E-state index is 5.59. The average molecular weight is 253 g/mol. The Morgan fingerprint density at radius 3 is 2.58 bits per heavy atom. The minimum absolute atomic E-state index is 0.768. The van der Waals surface area contributed by atoms with E-state index in [-0.39, 0.29) is 0 Å². The Labute approximate surface area is 111 Å². The van der Waals surface area contributed by atoms with Gasteiger partial charge in [-0.3, -0.25) is 0 Å². The van der Waals surface area contributed by atoms with Gasteiger partial charge in [0.25, 0.3) is 0 Å². The summed E-state index contributed by atoms with van der Waals surface area (Å²) in [6, 6.07) is 12.0. The molecule has 0 atom stereocenters. The van der Waals surface area contributed by atoms with E-state index in [1.807, 2.05) is 50.2 Å². The van der Waals surface area contributed by atoms with E-state index in [1.165, 1.54) is 0 Å². The molecular formula is C14H15N5. The molecule has 3 N–H and O–H groups in total. The van der Waals surface area contributed by atoms with Gasteiger partial charge in [0, 0.05) is 22.9 Å². The first-order valence-corrected chi connectivity index (χ1v) is 6.09. The van der Waals surface area contributed by atoms with Crippen molar-refractivity contribution in [1.82, 2.24) is 14.6 Å². The van der Waals surface area contributed by atoms with Crippen LogP contribution in [0, 0.1) is 13.8 Å². The van der Waals surface area contributed by atoms with Gasteiger partial charge in [-0.15, -0.1) is 0 Å². The average Bonchev–Trinajstić information content (AvgIpc) is 2.84. The van der Waals surface area contributed by atoms with Crippen LogP contribution in [0.1, 0.15) is 11.3 Å². The van der Waals surface area contributed by atoms with Crippen molar-refractivity contribution in [2.24, 2.45) is 5.84 Å². The van der Waals surface area contributed by atoms with Crippen LogP contribution in [0.15, 0.2) is 36.4 Å². The van der Waals surface area contributed by atoms with E-state index in [1.54, 1.807) is 4.52 Å². The zero-order valence-electron chi connectivity index (χ0n) is 10.9. The first-order chi connectivity index (χ1) is 9.20. The summed E-state index contributed by atoms with van der Waals surface area (Å²) in [5.74, 6) is 6.36. The van der Waals surface area contributed by atoms with E-state index in [4.69, 9.17) is 5.84 Å². The van der Waals surface area contributed by atoms with Crippen LogP contribution in [0.25, 0.3) is 16.9 Å². The highest BCUT2D eigenvalue weighted by molar-refractivity contribution is 5.66. The highest BCUT2D eigenvalue weighted by Gasteiger charge is 2.12. The molecule has 5 nitrogen and oxygen atoms in total. The minimum Gasteiger partial charge on any atom is -0.308 e. The number of hydrazine groups is 1. The summed E-state index contributed by atoms with van der Waals surface area (Å²) in [7, 11) is 0. The summed E-state index contributed by atoms with van der Waals surface area (Å²) < 4.78 is 1.74. The Morgan fingerprint density at radius 2 is 1.89 bits per heavy atom. The van der Waals surface area contributed by atoms with Gasteiger partial charge < -0.3 is 5.43 Å². The number of aryl methyl sites for hydroxylation is 1. The summed E-state index contributed by atoms with van der Waals surface area (Å²) in [5, 5.41) is 4.57. The van der Waals surface area contributed by atoms with Crippen molar-refractivity contribution in [2.75, 3.05) is 5.43 Å². The molecule has 0 aliphatic heterocycles. The fourth-order valence-electron chi connectivity index (χ4n) is 2.12. The molecule has 0 aliphatic carbocycles. The van der Waals surface area contributed by atoms with E-state index < -0.39 is 0 Å². The van der Waals surface area contributed by atoms with Crippen molar-refractivity contribution in [1.29, 1.82) is 0 Å². The monoisotopic (exact) mass is 253 g/mol. The van der Waals surface area contributed by atoms with Crippen LogP contribution in [-0.4, -0.2) is 14.6 Å². The molecule has 1 aromatic carbocycles. The van der Waals surface area contributed by atoms with Gasteiger partial charge in [0.15, 0.2) is 5.65 Å². The molecule has 3 rings (SSSR count). The Hall–Kier alpha value is -2.40. The second-order valence-corrected chi connectivity index (χ2v) is 4.48. The summed E-state index contributed by atoms with van der Waals surface area (Å²) >= 11 is 0. The number of rotatable bonds is 2. The number of hydrogen-bond donors (Lipinski definition) is 2. The molecular weight excluding hydrogens is 238 g/mol. The van der Waals surface area contributed by atoms with Gasteiger partial charge in [0.2, 0.25) is 0 Å².